The van der Waals surface area contributed by atoms with Crippen LogP contribution in [0.3, 0.4) is 0 Å². The van der Waals surface area contributed by atoms with Crippen molar-refractivity contribution in [1.82, 2.24) is 4.31 Å². The van der Waals surface area contributed by atoms with Crippen LogP contribution in [0.5, 0.6) is 5.75 Å². The van der Waals surface area contributed by atoms with E-state index in [2.05, 4.69) is 0 Å². The van der Waals surface area contributed by atoms with Gasteiger partial charge in [0.15, 0.2) is 0 Å². The minimum Gasteiger partial charge on any atom is -0.491 e. The Kier molecular flexibility index (Phi) is 4.91. The van der Waals surface area contributed by atoms with Gasteiger partial charge < -0.3 is 9.47 Å². The van der Waals surface area contributed by atoms with Crippen molar-refractivity contribution in [2.45, 2.75) is 25.9 Å². The Morgan fingerprint density at radius 2 is 1.95 bits per heavy atom. The highest BCUT2D eigenvalue weighted by Crippen LogP contribution is 2.28. The van der Waals surface area contributed by atoms with Crippen molar-refractivity contribution in [1.29, 1.82) is 0 Å². The van der Waals surface area contributed by atoms with Crippen LogP contribution in [0.1, 0.15) is 18.9 Å². The van der Waals surface area contributed by atoms with Gasteiger partial charge in [-0.25, -0.2) is 8.42 Å². The molecule has 5 nitrogen and oxygen atoms in total. The fourth-order valence-electron chi connectivity index (χ4n) is 2.42. The van der Waals surface area contributed by atoms with Gasteiger partial charge in [0.05, 0.1) is 5.75 Å². The Morgan fingerprint density at radius 3 is 2.52 bits per heavy atom. The summed E-state index contributed by atoms with van der Waals surface area (Å²) < 4.78 is 36.8. The van der Waals surface area contributed by atoms with Gasteiger partial charge in [0, 0.05) is 20.2 Å². The van der Waals surface area contributed by atoms with E-state index in [0.29, 0.717) is 26.1 Å². The quantitative estimate of drug-likeness (QED) is 0.804. The van der Waals surface area contributed by atoms with Gasteiger partial charge in [-0.05, 0) is 32.4 Å². The molecule has 0 unspecified atom stereocenters. The smallest absolute Gasteiger partial charge is 0.213 e. The number of benzene rings is 1. The van der Waals surface area contributed by atoms with Gasteiger partial charge in [-0.3, -0.25) is 0 Å². The van der Waals surface area contributed by atoms with Crippen LogP contribution >= 0.6 is 0 Å². The van der Waals surface area contributed by atoms with Crippen molar-refractivity contribution in [2.24, 2.45) is 0 Å². The Balaban J connectivity index is 2.01. The lowest BCUT2D eigenvalue weighted by molar-refractivity contribution is -0.0317. The van der Waals surface area contributed by atoms with Crippen LogP contribution in [-0.2, 0) is 14.8 Å². The lowest BCUT2D eigenvalue weighted by Crippen LogP contribution is -2.42. The summed E-state index contributed by atoms with van der Waals surface area (Å²) in [5, 5.41) is 0. The SMILES string of the molecule is CCS(=O)(=O)N1CC[C@](COc2ccc(C)cc2)(OC)C1. The molecule has 1 aliphatic heterocycles. The van der Waals surface area contributed by atoms with Gasteiger partial charge in [0.1, 0.15) is 18.0 Å². The first-order valence-electron chi connectivity index (χ1n) is 7.13. The maximum Gasteiger partial charge on any atom is 0.213 e. The number of hydrogen-bond acceptors (Lipinski definition) is 4. The maximum absolute atomic E-state index is 11.9. The monoisotopic (exact) mass is 313 g/mol. The Morgan fingerprint density at radius 1 is 1.29 bits per heavy atom. The zero-order valence-corrected chi connectivity index (χ0v) is 13.6. The normalized spacial score (nSPS) is 23.4. The predicted molar refractivity (Wildman–Crippen MR) is 82.1 cm³/mol. The van der Waals surface area contributed by atoms with Crippen LogP contribution in [0.2, 0.25) is 0 Å². The first kappa shape index (κ1) is 16.3. The van der Waals surface area contributed by atoms with Crippen molar-refractivity contribution in [3.05, 3.63) is 29.8 Å². The average Bonchev–Trinajstić information content (AvgIpc) is 2.93. The third-order valence-electron chi connectivity index (χ3n) is 4.00. The Hall–Kier alpha value is -1.11. The molecular weight excluding hydrogens is 290 g/mol. The molecule has 0 spiro atoms. The fourth-order valence-corrected chi connectivity index (χ4v) is 3.59. The van der Waals surface area contributed by atoms with E-state index in [1.165, 1.54) is 9.87 Å². The van der Waals surface area contributed by atoms with Crippen molar-refractivity contribution in [2.75, 3.05) is 32.6 Å². The van der Waals surface area contributed by atoms with Crippen LogP contribution in [0.15, 0.2) is 24.3 Å². The van der Waals surface area contributed by atoms with Crippen molar-refractivity contribution in [3.63, 3.8) is 0 Å². The van der Waals surface area contributed by atoms with Gasteiger partial charge in [-0.1, -0.05) is 17.7 Å². The minimum atomic E-state index is -3.17. The largest absolute Gasteiger partial charge is 0.491 e. The second-order valence-electron chi connectivity index (χ2n) is 5.47. The van der Waals surface area contributed by atoms with Crippen LogP contribution in [0.4, 0.5) is 0 Å². The molecule has 0 saturated carbocycles. The van der Waals surface area contributed by atoms with E-state index < -0.39 is 15.6 Å². The van der Waals surface area contributed by atoms with E-state index in [1.54, 1.807) is 14.0 Å². The predicted octanol–water partition coefficient (Wildman–Crippen LogP) is 1.81. The van der Waals surface area contributed by atoms with Gasteiger partial charge in [-0.2, -0.15) is 4.31 Å². The van der Waals surface area contributed by atoms with Crippen molar-refractivity contribution < 1.29 is 17.9 Å². The lowest BCUT2D eigenvalue weighted by Gasteiger charge is -2.27. The summed E-state index contributed by atoms with van der Waals surface area (Å²) in [4.78, 5) is 0. The van der Waals surface area contributed by atoms with Gasteiger partial charge >= 0.3 is 0 Å². The molecule has 1 heterocycles. The van der Waals surface area contributed by atoms with Crippen LogP contribution in [0.25, 0.3) is 0 Å². The first-order valence-corrected chi connectivity index (χ1v) is 8.74. The van der Waals surface area contributed by atoms with Crippen molar-refractivity contribution in [3.8, 4) is 5.75 Å². The van der Waals surface area contributed by atoms with Gasteiger partial charge in [-0.15, -0.1) is 0 Å². The summed E-state index contributed by atoms with van der Waals surface area (Å²) in [5.41, 5.74) is 0.609. The summed E-state index contributed by atoms with van der Waals surface area (Å²) >= 11 is 0. The second-order valence-corrected chi connectivity index (χ2v) is 7.73. The molecule has 21 heavy (non-hydrogen) atoms. The topological polar surface area (TPSA) is 55.8 Å². The zero-order valence-electron chi connectivity index (χ0n) is 12.8. The molecule has 0 amide bonds. The van der Waals surface area contributed by atoms with E-state index in [1.807, 2.05) is 31.2 Å². The van der Waals surface area contributed by atoms with E-state index >= 15 is 0 Å². The molecule has 118 valence electrons. The van der Waals surface area contributed by atoms with E-state index in [9.17, 15) is 8.42 Å². The summed E-state index contributed by atoms with van der Waals surface area (Å²) in [6, 6.07) is 7.79. The first-order chi connectivity index (χ1) is 9.91. The molecule has 0 aliphatic carbocycles. The fraction of sp³-hybridized carbons (Fsp3) is 0.600. The molecule has 6 heteroatoms. The summed E-state index contributed by atoms with van der Waals surface area (Å²) in [6.07, 6.45) is 0.647. The number of ether oxygens (including phenoxy) is 2. The minimum absolute atomic E-state index is 0.117. The molecule has 0 N–H and O–H groups in total. The van der Waals surface area contributed by atoms with E-state index in [4.69, 9.17) is 9.47 Å². The number of rotatable bonds is 6. The third kappa shape index (κ3) is 3.75. The third-order valence-corrected chi connectivity index (χ3v) is 5.82. The molecule has 1 aromatic rings. The summed E-state index contributed by atoms with van der Waals surface area (Å²) in [6.45, 7) is 4.87. The molecule has 1 atom stereocenters. The molecule has 0 aromatic heterocycles. The molecule has 2 rings (SSSR count). The summed E-state index contributed by atoms with van der Waals surface area (Å²) in [7, 11) is -1.56. The number of sulfonamides is 1. The molecule has 1 saturated heterocycles. The van der Waals surface area contributed by atoms with Gasteiger partial charge in [0.2, 0.25) is 10.0 Å². The average molecular weight is 313 g/mol. The highest BCUT2D eigenvalue weighted by Gasteiger charge is 2.43. The van der Waals surface area contributed by atoms with Gasteiger partial charge in [0.25, 0.3) is 0 Å². The van der Waals surface area contributed by atoms with E-state index in [0.717, 1.165) is 5.75 Å². The number of nitrogens with zero attached hydrogens (tertiary/aromatic N) is 1. The second kappa shape index (κ2) is 6.34. The van der Waals surface area contributed by atoms with Crippen LogP contribution in [0, 0.1) is 6.92 Å². The number of methoxy groups -OCH3 is 1. The maximum atomic E-state index is 11.9. The van der Waals surface area contributed by atoms with E-state index in [-0.39, 0.29) is 5.75 Å². The molecule has 0 bridgehead atoms. The lowest BCUT2D eigenvalue weighted by atomic mass is 10.1. The molecule has 0 radical (unpaired) electrons. The van der Waals surface area contributed by atoms with Crippen molar-refractivity contribution >= 4 is 10.0 Å². The Labute approximate surface area is 126 Å². The standard InChI is InChI=1S/C15H23NO4S/c1-4-21(17,18)16-10-9-15(11-16,19-3)12-20-14-7-5-13(2)6-8-14/h5-8H,4,9-12H2,1-3H3/t15-/m0/s1. The number of hydrogen-bond donors (Lipinski definition) is 0. The molecular formula is C15H23NO4S. The highest BCUT2D eigenvalue weighted by molar-refractivity contribution is 7.89. The Bertz CT molecular complexity index is 570. The zero-order chi connectivity index (χ0) is 15.5. The molecule has 1 aromatic carbocycles. The molecule has 1 aliphatic rings. The van der Waals surface area contributed by atoms with Crippen LogP contribution in [-0.4, -0.2) is 50.9 Å². The summed E-state index contributed by atoms with van der Waals surface area (Å²) in [5.74, 6) is 0.889. The molecule has 1 fully saturated rings. The van der Waals surface area contributed by atoms with Crippen LogP contribution < -0.4 is 4.74 Å². The number of aryl methyl sites for hydroxylation is 1. The highest BCUT2D eigenvalue weighted by atomic mass is 32.2.